The van der Waals surface area contributed by atoms with Gasteiger partial charge in [-0.3, -0.25) is 4.79 Å². The molecular weight excluding hydrogens is 443 g/mol. The molecule has 5 nitrogen and oxygen atoms in total. The normalized spacial score (nSPS) is 10.9. The Labute approximate surface area is 175 Å². The molecule has 0 unspecified atom stereocenters. The summed E-state index contributed by atoms with van der Waals surface area (Å²) in [5.41, 5.74) is 3.29. The Balaban J connectivity index is 1.72. The average molecular weight is 463 g/mol. The predicted octanol–water partition coefficient (Wildman–Crippen LogP) is 5.21. The van der Waals surface area contributed by atoms with Gasteiger partial charge in [-0.15, -0.1) is 10.2 Å². The summed E-state index contributed by atoms with van der Waals surface area (Å²) < 4.78 is 16.9. The maximum atomic E-state index is 14.1. The van der Waals surface area contributed by atoms with Crippen molar-refractivity contribution in [2.75, 3.05) is 11.1 Å². The molecule has 0 bridgehead atoms. The van der Waals surface area contributed by atoms with Crippen LogP contribution < -0.4 is 5.32 Å². The highest BCUT2D eigenvalue weighted by molar-refractivity contribution is 9.10. The fourth-order valence-corrected chi connectivity index (χ4v) is 3.99. The van der Waals surface area contributed by atoms with Crippen LogP contribution in [0.4, 0.5) is 10.1 Å². The quantitative estimate of drug-likeness (QED) is 0.510. The third kappa shape index (κ3) is 4.28. The smallest absolute Gasteiger partial charge is 0.234 e. The third-order valence-electron chi connectivity index (χ3n) is 4.48. The molecule has 0 aliphatic rings. The van der Waals surface area contributed by atoms with Crippen molar-refractivity contribution in [3.05, 3.63) is 57.8 Å². The largest absolute Gasteiger partial charge is 0.325 e. The van der Waals surface area contributed by atoms with Crippen LogP contribution in [0.2, 0.25) is 0 Å². The summed E-state index contributed by atoms with van der Waals surface area (Å²) in [5, 5.41) is 11.8. The molecule has 2 aromatic carbocycles. The van der Waals surface area contributed by atoms with Crippen molar-refractivity contribution in [3.63, 3.8) is 0 Å². The lowest BCUT2D eigenvalue weighted by Crippen LogP contribution is -2.15. The number of carbonyl (C=O) groups is 1. The van der Waals surface area contributed by atoms with E-state index in [1.165, 1.54) is 17.8 Å². The second-order valence-electron chi connectivity index (χ2n) is 6.21. The first-order valence-corrected chi connectivity index (χ1v) is 10.6. The zero-order chi connectivity index (χ0) is 20.3. The second kappa shape index (κ2) is 8.87. The van der Waals surface area contributed by atoms with Crippen LogP contribution in [0.5, 0.6) is 0 Å². The highest BCUT2D eigenvalue weighted by Crippen LogP contribution is 2.28. The van der Waals surface area contributed by atoms with Gasteiger partial charge in [0.15, 0.2) is 11.0 Å². The topological polar surface area (TPSA) is 59.8 Å². The van der Waals surface area contributed by atoms with Crippen molar-refractivity contribution in [1.82, 2.24) is 14.8 Å². The Hall–Kier alpha value is -2.19. The van der Waals surface area contributed by atoms with E-state index in [1.54, 1.807) is 18.2 Å². The minimum atomic E-state index is -0.347. The van der Waals surface area contributed by atoms with E-state index in [4.69, 9.17) is 0 Å². The number of anilines is 1. The number of hydrogen-bond acceptors (Lipinski definition) is 4. The van der Waals surface area contributed by atoms with E-state index < -0.39 is 0 Å². The van der Waals surface area contributed by atoms with Gasteiger partial charge in [0.05, 0.1) is 11.3 Å². The number of hydrogen-bond donors (Lipinski definition) is 1. The van der Waals surface area contributed by atoms with Crippen molar-refractivity contribution in [3.8, 4) is 11.4 Å². The lowest BCUT2D eigenvalue weighted by Gasteiger charge is -2.12. The highest BCUT2D eigenvalue weighted by Gasteiger charge is 2.17. The first kappa shape index (κ1) is 20.5. The minimum absolute atomic E-state index is 0.132. The summed E-state index contributed by atoms with van der Waals surface area (Å²) in [6.45, 7) is 6.48. The van der Waals surface area contributed by atoms with Crippen LogP contribution in [-0.4, -0.2) is 26.4 Å². The Morgan fingerprint density at radius 3 is 2.64 bits per heavy atom. The highest BCUT2D eigenvalue weighted by atomic mass is 79.9. The number of halogens is 2. The molecule has 0 fully saturated rings. The maximum Gasteiger partial charge on any atom is 0.234 e. The number of rotatable bonds is 6. The van der Waals surface area contributed by atoms with Crippen molar-refractivity contribution >= 4 is 39.3 Å². The molecule has 0 aliphatic carbocycles. The number of amides is 1. The molecule has 8 heteroatoms. The molecule has 0 radical (unpaired) electrons. The molecular formula is C20H20BrFN4OS. The predicted molar refractivity (Wildman–Crippen MR) is 114 cm³/mol. The van der Waals surface area contributed by atoms with Crippen LogP contribution in [0, 0.1) is 19.7 Å². The Bertz CT molecular complexity index is 1020. The van der Waals surface area contributed by atoms with E-state index in [2.05, 4.69) is 31.4 Å². The van der Waals surface area contributed by atoms with Crippen LogP contribution in [0.3, 0.4) is 0 Å². The average Bonchev–Trinajstić information content (AvgIpc) is 3.10. The second-order valence-corrected chi connectivity index (χ2v) is 8.01. The van der Waals surface area contributed by atoms with Gasteiger partial charge in [0.25, 0.3) is 0 Å². The number of carbonyl (C=O) groups excluding carboxylic acids is 1. The summed E-state index contributed by atoms with van der Waals surface area (Å²) in [4.78, 5) is 12.4. The van der Waals surface area contributed by atoms with Gasteiger partial charge in [-0.2, -0.15) is 0 Å². The van der Waals surface area contributed by atoms with Gasteiger partial charge in [-0.25, -0.2) is 4.39 Å². The van der Waals surface area contributed by atoms with E-state index in [9.17, 15) is 9.18 Å². The summed E-state index contributed by atoms with van der Waals surface area (Å²) >= 11 is 4.77. The number of thioether (sulfide) groups is 1. The maximum absolute atomic E-state index is 14.1. The molecule has 3 aromatic rings. The van der Waals surface area contributed by atoms with Gasteiger partial charge in [-0.05, 0) is 56.2 Å². The molecule has 0 aliphatic heterocycles. The van der Waals surface area contributed by atoms with Crippen LogP contribution in [0.25, 0.3) is 11.4 Å². The number of nitrogens with one attached hydrogen (secondary N) is 1. The Morgan fingerprint density at radius 2 is 1.93 bits per heavy atom. The van der Waals surface area contributed by atoms with Gasteiger partial charge < -0.3 is 9.88 Å². The van der Waals surface area contributed by atoms with E-state index in [1.807, 2.05) is 37.5 Å². The third-order valence-corrected chi connectivity index (χ3v) is 6.30. The van der Waals surface area contributed by atoms with Crippen molar-refractivity contribution < 1.29 is 9.18 Å². The van der Waals surface area contributed by atoms with Crippen LogP contribution in [-0.2, 0) is 11.3 Å². The fourth-order valence-electron chi connectivity index (χ4n) is 2.76. The van der Waals surface area contributed by atoms with Crippen LogP contribution >= 0.6 is 27.7 Å². The zero-order valence-electron chi connectivity index (χ0n) is 15.8. The molecule has 146 valence electrons. The standard InChI is InChI=1S/C20H20BrFN4OS/c1-4-26-19(14-7-5-6-8-16(14)22)24-25-20(26)28-11-18(27)23-17-10-9-15(21)12(2)13(17)3/h5-10H,4,11H2,1-3H3,(H,23,27). The summed E-state index contributed by atoms with van der Waals surface area (Å²) in [5.74, 6) is 0.167. The SMILES string of the molecule is CCn1c(SCC(=O)Nc2ccc(Br)c(C)c2C)nnc1-c1ccccc1F. The van der Waals surface area contributed by atoms with Crippen molar-refractivity contribution in [2.24, 2.45) is 0 Å². The molecule has 1 amide bonds. The number of nitrogens with zero attached hydrogens (tertiary/aromatic N) is 3. The first-order valence-electron chi connectivity index (χ1n) is 8.78. The lowest BCUT2D eigenvalue weighted by atomic mass is 10.1. The lowest BCUT2D eigenvalue weighted by molar-refractivity contribution is -0.113. The zero-order valence-corrected chi connectivity index (χ0v) is 18.2. The van der Waals surface area contributed by atoms with Crippen LogP contribution in [0.1, 0.15) is 18.1 Å². The molecule has 0 saturated heterocycles. The molecule has 1 aromatic heterocycles. The van der Waals surface area contributed by atoms with Gasteiger partial charge in [-0.1, -0.05) is 39.8 Å². The summed E-state index contributed by atoms with van der Waals surface area (Å²) in [6, 6.07) is 10.3. The molecule has 0 spiro atoms. The van der Waals surface area contributed by atoms with Gasteiger partial charge >= 0.3 is 0 Å². The number of aromatic nitrogens is 3. The summed E-state index contributed by atoms with van der Waals surface area (Å²) in [6.07, 6.45) is 0. The Morgan fingerprint density at radius 1 is 1.18 bits per heavy atom. The molecule has 0 atom stereocenters. The molecule has 28 heavy (non-hydrogen) atoms. The van der Waals surface area contributed by atoms with Crippen molar-refractivity contribution in [2.45, 2.75) is 32.5 Å². The molecule has 0 saturated carbocycles. The first-order chi connectivity index (χ1) is 13.4. The van der Waals surface area contributed by atoms with Gasteiger partial charge in [0.2, 0.25) is 5.91 Å². The van der Waals surface area contributed by atoms with Gasteiger partial charge in [0, 0.05) is 16.7 Å². The van der Waals surface area contributed by atoms with E-state index >= 15 is 0 Å². The molecule has 3 rings (SSSR count). The molecule has 1 heterocycles. The monoisotopic (exact) mass is 462 g/mol. The minimum Gasteiger partial charge on any atom is -0.325 e. The van der Waals surface area contributed by atoms with Gasteiger partial charge in [0.1, 0.15) is 5.82 Å². The Kier molecular flexibility index (Phi) is 6.51. The van der Waals surface area contributed by atoms with E-state index in [-0.39, 0.29) is 17.5 Å². The fraction of sp³-hybridized carbons (Fsp3) is 0.250. The van der Waals surface area contributed by atoms with Crippen LogP contribution in [0.15, 0.2) is 46.0 Å². The number of benzene rings is 2. The van der Waals surface area contributed by atoms with E-state index in [0.29, 0.717) is 23.1 Å². The molecule has 1 N–H and O–H groups in total. The van der Waals surface area contributed by atoms with Crippen molar-refractivity contribution in [1.29, 1.82) is 0 Å². The summed E-state index contributed by atoms with van der Waals surface area (Å²) in [7, 11) is 0. The van der Waals surface area contributed by atoms with E-state index in [0.717, 1.165) is 21.3 Å².